The lowest BCUT2D eigenvalue weighted by molar-refractivity contribution is 0.0462. The molecular weight excluding hydrogens is 403 g/mol. The van der Waals surface area contributed by atoms with Crippen molar-refractivity contribution < 1.29 is 13.9 Å². The number of carbonyl (C=O) groups is 1. The standard InChI is InChI=1S/C16H9BrClFN2O3/c17-9-1-3-13(19)12(5-9)16(23)24-8-11-6-15(22)21-7-10(18)2-4-14(21)20-11/h1-7H,8H2. The Morgan fingerprint density at radius 2 is 2.08 bits per heavy atom. The third-order valence-electron chi connectivity index (χ3n) is 3.18. The largest absolute Gasteiger partial charge is 0.455 e. The van der Waals surface area contributed by atoms with Crippen LogP contribution in [-0.4, -0.2) is 15.4 Å². The number of carbonyl (C=O) groups excluding carboxylic acids is 1. The first-order chi connectivity index (χ1) is 11.4. The molecule has 0 spiro atoms. The fraction of sp³-hybridized carbons (Fsp3) is 0.0625. The van der Waals surface area contributed by atoms with Crippen LogP contribution in [0.4, 0.5) is 4.39 Å². The van der Waals surface area contributed by atoms with Crippen LogP contribution >= 0.6 is 27.5 Å². The van der Waals surface area contributed by atoms with Crippen LogP contribution in [0, 0.1) is 5.82 Å². The molecular formula is C16H9BrClFN2O3. The summed E-state index contributed by atoms with van der Waals surface area (Å²) in [7, 11) is 0. The maximum absolute atomic E-state index is 13.7. The minimum atomic E-state index is -0.841. The number of hydrogen-bond donors (Lipinski definition) is 0. The summed E-state index contributed by atoms with van der Waals surface area (Å²) in [6.07, 6.45) is 1.44. The van der Waals surface area contributed by atoms with Gasteiger partial charge in [0, 0.05) is 16.7 Å². The summed E-state index contributed by atoms with van der Waals surface area (Å²) in [5.74, 6) is -1.53. The van der Waals surface area contributed by atoms with Gasteiger partial charge >= 0.3 is 5.97 Å². The molecule has 1 aromatic carbocycles. The highest BCUT2D eigenvalue weighted by Crippen LogP contribution is 2.17. The third-order valence-corrected chi connectivity index (χ3v) is 3.89. The second-order valence-corrected chi connectivity index (χ2v) is 6.21. The second kappa shape index (κ2) is 6.70. The van der Waals surface area contributed by atoms with Crippen molar-refractivity contribution >= 4 is 39.1 Å². The van der Waals surface area contributed by atoms with Crippen molar-refractivity contribution in [3.05, 3.63) is 79.5 Å². The first-order valence-electron chi connectivity index (χ1n) is 6.74. The Morgan fingerprint density at radius 3 is 2.88 bits per heavy atom. The predicted molar refractivity (Wildman–Crippen MR) is 89.7 cm³/mol. The van der Waals surface area contributed by atoms with Crippen LogP contribution in [0.25, 0.3) is 5.65 Å². The van der Waals surface area contributed by atoms with E-state index >= 15 is 0 Å². The lowest BCUT2D eigenvalue weighted by Gasteiger charge is -2.07. The smallest absolute Gasteiger partial charge is 0.341 e. The Labute approximate surface area is 148 Å². The van der Waals surface area contributed by atoms with Crippen molar-refractivity contribution in [3.63, 3.8) is 0 Å². The van der Waals surface area contributed by atoms with Gasteiger partial charge in [-0.3, -0.25) is 9.20 Å². The first-order valence-corrected chi connectivity index (χ1v) is 7.91. The average Bonchev–Trinajstić information content (AvgIpc) is 2.55. The topological polar surface area (TPSA) is 60.7 Å². The van der Waals surface area contributed by atoms with Crippen LogP contribution in [-0.2, 0) is 11.3 Å². The number of fused-ring (bicyclic) bond motifs is 1. The molecule has 0 aliphatic carbocycles. The number of hydrogen-bond acceptors (Lipinski definition) is 4. The van der Waals surface area contributed by atoms with Gasteiger partial charge < -0.3 is 4.74 Å². The Balaban J connectivity index is 1.83. The van der Waals surface area contributed by atoms with Gasteiger partial charge in [-0.1, -0.05) is 27.5 Å². The summed E-state index contributed by atoms with van der Waals surface area (Å²) < 4.78 is 20.5. The summed E-state index contributed by atoms with van der Waals surface area (Å²) in [5, 5.41) is 0.399. The van der Waals surface area contributed by atoms with Gasteiger partial charge in [0.2, 0.25) is 0 Å². The van der Waals surface area contributed by atoms with Gasteiger partial charge in [0.15, 0.2) is 0 Å². The number of rotatable bonds is 3. The molecule has 0 amide bonds. The Kier molecular flexibility index (Phi) is 4.64. The molecule has 0 radical (unpaired) electrons. The van der Waals surface area contributed by atoms with Crippen molar-refractivity contribution in [1.82, 2.24) is 9.38 Å². The maximum atomic E-state index is 13.7. The Hall–Kier alpha value is -2.25. The van der Waals surface area contributed by atoms with Crippen LogP contribution in [0.5, 0.6) is 0 Å². The number of benzene rings is 1. The zero-order valence-corrected chi connectivity index (χ0v) is 14.3. The van der Waals surface area contributed by atoms with Gasteiger partial charge in [0.1, 0.15) is 18.1 Å². The number of aromatic nitrogens is 2. The molecule has 0 saturated heterocycles. The van der Waals surface area contributed by atoms with Gasteiger partial charge in [0.25, 0.3) is 5.56 Å². The summed E-state index contributed by atoms with van der Waals surface area (Å²) in [5.41, 5.74) is 0.0634. The molecule has 0 aliphatic heterocycles. The molecule has 0 N–H and O–H groups in total. The van der Waals surface area contributed by atoms with Crippen molar-refractivity contribution in [3.8, 4) is 0 Å². The molecule has 3 rings (SSSR count). The fourth-order valence-corrected chi connectivity index (χ4v) is 2.59. The number of esters is 1. The van der Waals surface area contributed by atoms with Crippen molar-refractivity contribution in [1.29, 1.82) is 0 Å². The van der Waals surface area contributed by atoms with E-state index in [0.717, 1.165) is 6.07 Å². The lowest BCUT2D eigenvalue weighted by Crippen LogP contribution is -2.16. The van der Waals surface area contributed by atoms with E-state index in [9.17, 15) is 14.0 Å². The molecule has 2 aromatic heterocycles. The predicted octanol–water partition coefficient (Wildman–Crippen LogP) is 3.61. The van der Waals surface area contributed by atoms with E-state index in [-0.39, 0.29) is 23.4 Å². The van der Waals surface area contributed by atoms with Gasteiger partial charge in [-0.2, -0.15) is 0 Å². The average molecular weight is 412 g/mol. The lowest BCUT2D eigenvalue weighted by atomic mass is 10.2. The van der Waals surface area contributed by atoms with Crippen LogP contribution < -0.4 is 5.56 Å². The molecule has 8 heteroatoms. The van der Waals surface area contributed by atoms with Crippen molar-refractivity contribution in [2.75, 3.05) is 0 Å². The van der Waals surface area contributed by atoms with E-state index in [2.05, 4.69) is 20.9 Å². The van der Waals surface area contributed by atoms with Crippen molar-refractivity contribution in [2.24, 2.45) is 0 Å². The fourth-order valence-electron chi connectivity index (χ4n) is 2.07. The quantitative estimate of drug-likeness (QED) is 0.618. The van der Waals surface area contributed by atoms with E-state index in [0.29, 0.717) is 15.1 Å². The molecule has 0 fully saturated rings. The molecule has 3 aromatic rings. The van der Waals surface area contributed by atoms with Gasteiger partial charge in [-0.15, -0.1) is 0 Å². The Morgan fingerprint density at radius 1 is 1.29 bits per heavy atom. The minimum absolute atomic E-state index is 0.200. The molecule has 5 nitrogen and oxygen atoms in total. The van der Waals surface area contributed by atoms with Crippen LogP contribution in [0.2, 0.25) is 5.02 Å². The highest BCUT2D eigenvalue weighted by atomic mass is 79.9. The summed E-state index contributed by atoms with van der Waals surface area (Å²) >= 11 is 8.99. The second-order valence-electron chi connectivity index (χ2n) is 4.86. The van der Waals surface area contributed by atoms with Gasteiger partial charge in [0.05, 0.1) is 16.3 Å². The summed E-state index contributed by atoms with van der Waals surface area (Å²) in [6.45, 7) is -0.251. The van der Waals surface area contributed by atoms with E-state index in [4.69, 9.17) is 16.3 Å². The molecule has 0 bridgehead atoms. The molecule has 0 saturated carbocycles. The zero-order valence-electron chi connectivity index (χ0n) is 12.0. The van der Waals surface area contributed by atoms with E-state index in [1.165, 1.54) is 28.8 Å². The molecule has 0 unspecified atom stereocenters. The number of halogens is 3. The number of nitrogens with zero attached hydrogens (tertiary/aromatic N) is 2. The molecule has 2 heterocycles. The zero-order chi connectivity index (χ0) is 17.3. The third kappa shape index (κ3) is 3.47. The number of ether oxygens (including phenoxy) is 1. The van der Waals surface area contributed by atoms with Crippen LogP contribution in [0.1, 0.15) is 16.1 Å². The van der Waals surface area contributed by atoms with E-state index in [1.807, 2.05) is 0 Å². The van der Waals surface area contributed by atoms with E-state index in [1.54, 1.807) is 12.1 Å². The molecule has 0 atom stereocenters. The monoisotopic (exact) mass is 410 g/mol. The molecule has 24 heavy (non-hydrogen) atoms. The Bertz CT molecular complexity index is 1010. The van der Waals surface area contributed by atoms with Gasteiger partial charge in [-0.05, 0) is 30.3 Å². The first kappa shape index (κ1) is 16.6. The van der Waals surface area contributed by atoms with Gasteiger partial charge in [-0.25, -0.2) is 14.2 Å². The number of pyridine rings is 1. The maximum Gasteiger partial charge on any atom is 0.341 e. The van der Waals surface area contributed by atoms with Crippen LogP contribution in [0.15, 0.2) is 51.9 Å². The highest BCUT2D eigenvalue weighted by molar-refractivity contribution is 9.10. The molecule has 122 valence electrons. The molecule has 0 aliphatic rings. The van der Waals surface area contributed by atoms with Crippen LogP contribution in [0.3, 0.4) is 0 Å². The summed E-state index contributed by atoms with van der Waals surface area (Å²) in [4.78, 5) is 28.2. The summed E-state index contributed by atoms with van der Waals surface area (Å²) in [6, 6.07) is 8.35. The van der Waals surface area contributed by atoms with E-state index < -0.39 is 11.8 Å². The van der Waals surface area contributed by atoms with Crippen molar-refractivity contribution in [2.45, 2.75) is 6.61 Å². The SMILES string of the molecule is O=C(OCc1cc(=O)n2cc(Cl)ccc2n1)c1cc(Br)ccc1F. The minimum Gasteiger partial charge on any atom is -0.455 e. The highest BCUT2D eigenvalue weighted by Gasteiger charge is 2.14. The normalized spacial score (nSPS) is 10.8.